The van der Waals surface area contributed by atoms with Gasteiger partial charge in [0.2, 0.25) is 5.91 Å². The van der Waals surface area contributed by atoms with Crippen LogP contribution < -0.4 is 11.3 Å². The summed E-state index contributed by atoms with van der Waals surface area (Å²) in [6.07, 6.45) is 4.75. The molecule has 2 aromatic rings. The number of para-hydroxylation sites is 1. The lowest BCUT2D eigenvalue weighted by atomic mass is 10.2. The van der Waals surface area contributed by atoms with Crippen LogP contribution in [0.5, 0.6) is 0 Å². The zero-order valence-corrected chi connectivity index (χ0v) is 11.6. The number of nitro benzene ring substituents is 1. The summed E-state index contributed by atoms with van der Waals surface area (Å²) in [4.78, 5) is 21.7. The number of nitrogens with two attached hydrogens (primary N) is 1. The number of nitrogens with one attached hydrogen (secondary N) is 1. The molecule has 0 aliphatic carbocycles. The van der Waals surface area contributed by atoms with E-state index in [0.717, 1.165) is 24.6 Å². The fourth-order valence-corrected chi connectivity index (χ4v) is 2.39. The number of benzene rings is 1. The van der Waals surface area contributed by atoms with Gasteiger partial charge >= 0.3 is 0 Å². The van der Waals surface area contributed by atoms with Gasteiger partial charge in [-0.25, -0.2) is 5.84 Å². The Morgan fingerprint density at radius 2 is 2.10 bits per heavy atom. The molecular weight excluding hydrogens is 272 g/mol. The van der Waals surface area contributed by atoms with Crippen molar-refractivity contribution in [2.75, 3.05) is 0 Å². The van der Waals surface area contributed by atoms with E-state index in [0.29, 0.717) is 18.5 Å². The summed E-state index contributed by atoms with van der Waals surface area (Å²) in [6.45, 7) is 0.693. The maximum atomic E-state index is 11.1. The third-order valence-electron chi connectivity index (χ3n) is 3.43. The molecule has 7 nitrogen and oxygen atoms in total. The molecule has 0 bridgehead atoms. The van der Waals surface area contributed by atoms with Crippen molar-refractivity contribution < 1.29 is 9.72 Å². The van der Waals surface area contributed by atoms with Crippen molar-refractivity contribution >= 4 is 22.5 Å². The van der Waals surface area contributed by atoms with Crippen LogP contribution in [0.3, 0.4) is 0 Å². The molecule has 1 aromatic carbocycles. The summed E-state index contributed by atoms with van der Waals surface area (Å²) in [5.41, 5.74) is 2.87. The van der Waals surface area contributed by atoms with Crippen molar-refractivity contribution in [1.29, 1.82) is 0 Å². The quantitative estimate of drug-likeness (QED) is 0.268. The Hall–Kier alpha value is -2.41. The van der Waals surface area contributed by atoms with E-state index in [4.69, 9.17) is 5.84 Å². The smallest absolute Gasteiger partial charge is 0.293 e. The molecule has 3 N–H and O–H groups in total. The molecule has 1 amide bonds. The van der Waals surface area contributed by atoms with E-state index in [9.17, 15) is 14.9 Å². The van der Waals surface area contributed by atoms with Gasteiger partial charge in [0, 0.05) is 30.6 Å². The van der Waals surface area contributed by atoms with Crippen molar-refractivity contribution in [2.24, 2.45) is 5.84 Å². The Morgan fingerprint density at radius 1 is 1.29 bits per heavy atom. The van der Waals surface area contributed by atoms with Gasteiger partial charge in [-0.2, -0.15) is 0 Å². The third kappa shape index (κ3) is 3.57. The van der Waals surface area contributed by atoms with Crippen LogP contribution in [0.1, 0.15) is 25.7 Å². The zero-order chi connectivity index (χ0) is 15.2. The Balaban J connectivity index is 1.99. The minimum absolute atomic E-state index is 0.125. The Labute approximate surface area is 121 Å². The summed E-state index contributed by atoms with van der Waals surface area (Å²) in [7, 11) is 0. The van der Waals surface area contributed by atoms with Crippen molar-refractivity contribution in [3.05, 3.63) is 40.6 Å². The summed E-state index contributed by atoms with van der Waals surface area (Å²) in [6, 6.07) is 6.95. The van der Waals surface area contributed by atoms with Gasteiger partial charge in [0.15, 0.2) is 0 Å². The summed E-state index contributed by atoms with van der Waals surface area (Å²) in [5, 5.41) is 12.0. The van der Waals surface area contributed by atoms with Gasteiger partial charge < -0.3 is 4.57 Å². The van der Waals surface area contributed by atoms with Crippen LogP contribution in [0.2, 0.25) is 0 Å². The molecular formula is C14H18N4O3. The van der Waals surface area contributed by atoms with Gasteiger partial charge in [-0.3, -0.25) is 20.3 Å². The van der Waals surface area contributed by atoms with Crippen LogP contribution in [0.15, 0.2) is 30.5 Å². The van der Waals surface area contributed by atoms with E-state index < -0.39 is 0 Å². The van der Waals surface area contributed by atoms with Crippen molar-refractivity contribution in [1.82, 2.24) is 9.99 Å². The summed E-state index contributed by atoms with van der Waals surface area (Å²) < 4.78 is 1.90. The first-order valence-corrected chi connectivity index (χ1v) is 6.85. The monoisotopic (exact) mass is 290 g/mol. The number of carbonyl (C=O) groups is 1. The normalized spacial score (nSPS) is 10.7. The van der Waals surface area contributed by atoms with Gasteiger partial charge in [-0.1, -0.05) is 18.6 Å². The Morgan fingerprint density at radius 3 is 2.81 bits per heavy atom. The second-order valence-corrected chi connectivity index (χ2v) is 4.86. The molecule has 2 rings (SSSR count). The molecule has 0 radical (unpaired) electrons. The van der Waals surface area contributed by atoms with Gasteiger partial charge in [-0.05, 0) is 18.9 Å². The van der Waals surface area contributed by atoms with Gasteiger partial charge in [-0.15, -0.1) is 0 Å². The molecule has 1 heterocycles. The molecule has 7 heteroatoms. The number of hydrogen-bond donors (Lipinski definition) is 2. The highest BCUT2D eigenvalue weighted by atomic mass is 16.6. The first-order chi connectivity index (χ1) is 10.1. The van der Waals surface area contributed by atoms with E-state index >= 15 is 0 Å². The average molecular weight is 290 g/mol. The Kier molecular flexibility index (Phi) is 4.89. The third-order valence-corrected chi connectivity index (χ3v) is 3.43. The maximum Gasteiger partial charge on any atom is 0.293 e. The highest BCUT2D eigenvalue weighted by molar-refractivity contribution is 5.88. The fraction of sp³-hybridized carbons (Fsp3) is 0.357. The summed E-state index contributed by atoms with van der Waals surface area (Å²) in [5.74, 6) is 4.83. The molecule has 0 saturated heterocycles. The number of non-ortho nitro benzene ring substituents is 1. The number of amides is 1. The lowest BCUT2D eigenvalue weighted by Crippen LogP contribution is -2.29. The largest absolute Gasteiger partial charge is 0.342 e. The molecule has 0 unspecified atom stereocenters. The van der Waals surface area contributed by atoms with Crippen LogP contribution in [0.25, 0.3) is 10.9 Å². The topological polar surface area (TPSA) is 103 Å². The maximum absolute atomic E-state index is 11.1. The zero-order valence-electron chi connectivity index (χ0n) is 11.6. The number of fused-ring (bicyclic) bond motifs is 1. The molecule has 0 saturated carbocycles. The average Bonchev–Trinajstić information content (AvgIpc) is 2.89. The van der Waals surface area contributed by atoms with E-state index in [1.165, 1.54) is 6.07 Å². The molecule has 0 spiro atoms. The molecule has 0 fully saturated rings. The molecule has 0 atom stereocenters. The van der Waals surface area contributed by atoms with Crippen molar-refractivity contribution in [3.8, 4) is 0 Å². The standard InChI is InChI=1S/C14H18N4O3/c15-16-13(19)7-2-1-3-9-17-10-8-11-5-4-6-12(14(11)17)18(20)21/h4-6,8,10H,1-3,7,9,15H2,(H,16,19). The van der Waals surface area contributed by atoms with E-state index in [1.54, 1.807) is 6.07 Å². The number of rotatable bonds is 7. The molecule has 112 valence electrons. The lowest BCUT2D eigenvalue weighted by Gasteiger charge is -2.06. The lowest BCUT2D eigenvalue weighted by molar-refractivity contribution is -0.383. The predicted molar refractivity (Wildman–Crippen MR) is 79.4 cm³/mol. The fourth-order valence-electron chi connectivity index (χ4n) is 2.39. The number of carbonyl (C=O) groups excluding carboxylic acids is 1. The first kappa shape index (κ1) is 15.0. The number of nitrogens with zero attached hydrogens (tertiary/aromatic N) is 2. The number of nitro groups is 1. The minimum Gasteiger partial charge on any atom is -0.342 e. The van der Waals surface area contributed by atoms with Gasteiger partial charge in [0.25, 0.3) is 5.69 Å². The second-order valence-electron chi connectivity index (χ2n) is 4.86. The van der Waals surface area contributed by atoms with Crippen LogP contribution in [0, 0.1) is 10.1 Å². The number of hydrogen-bond acceptors (Lipinski definition) is 4. The van der Waals surface area contributed by atoms with Crippen LogP contribution >= 0.6 is 0 Å². The number of unbranched alkanes of at least 4 members (excludes halogenated alkanes) is 2. The summed E-state index contributed by atoms with van der Waals surface area (Å²) >= 11 is 0. The number of aromatic nitrogens is 1. The van der Waals surface area contributed by atoms with E-state index in [1.807, 2.05) is 22.9 Å². The molecule has 0 aliphatic heterocycles. The number of hydrazine groups is 1. The number of aryl methyl sites for hydroxylation is 1. The predicted octanol–water partition coefficient (Wildman–Crippen LogP) is 2.10. The minimum atomic E-state index is -0.357. The van der Waals surface area contributed by atoms with Crippen molar-refractivity contribution in [3.63, 3.8) is 0 Å². The van der Waals surface area contributed by atoms with Gasteiger partial charge in [0.05, 0.1) is 4.92 Å². The van der Waals surface area contributed by atoms with Crippen molar-refractivity contribution in [2.45, 2.75) is 32.2 Å². The highest BCUT2D eigenvalue weighted by Crippen LogP contribution is 2.26. The Bertz CT molecular complexity index is 651. The van der Waals surface area contributed by atoms with Crippen LogP contribution in [0.4, 0.5) is 5.69 Å². The first-order valence-electron chi connectivity index (χ1n) is 6.85. The second kappa shape index (κ2) is 6.85. The SMILES string of the molecule is NNC(=O)CCCCCn1ccc2cccc([N+](=O)[O-])c21. The van der Waals surface area contributed by atoms with Gasteiger partial charge in [0.1, 0.15) is 5.52 Å². The molecule has 21 heavy (non-hydrogen) atoms. The highest BCUT2D eigenvalue weighted by Gasteiger charge is 2.14. The van der Waals surface area contributed by atoms with Crippen LogP contribution in [-0.4, -0.2) is 15.4 Å². The molecule has 0 aliphatic rings. The molecule has 1 aromatic heterocycles. The van der Waals surface area contributed by atoms with Crippen LogP contribution in [-0.2, 0) is 11.3 Å². The van der Waals surface area contributed by atoms with E-state index in [-0.39, 0.29) is 16.5 Å². The van der Waals surface area contributed by atoms with E-state index in [2.05, 4.69) is 5.43 Å².